The second-order valence-electron chi connectivity index (χ2n) is 9.27. The van der Waals surface area contributed by atoms with E-state index in [1.54, 1.807) is 29.7 Å². The number of halogens is 1. The summed E-state index contributed by atoms with van der Waals surface area (Å²) in [7, 11) is 2.31. The van der Waals surface area contributed by atoms with Crippen LogP contribution in [-0.4, -0.2) is 44.3 Å². The number of piperidine rings is 1. The summed E-state index contributed by atoms with van der Waals surface area (Å²) in [6.07, 6.45) is 7.65. The maximum absolute atomic E-state index is 14.2. The SMILES string of the molecule is Cc1ncc(-c2ccc3c(c2)N(c2cncc(N4CCC(F)(P)CC4)n2)C(=O)C3(C)C)cn1. The molecule has 9 heteroatoms. The molecule has 0 aliphatic carbocycles. The lowest BCUT2D eigenvalue weighted by molar-refractivity contribution is -0.121. The maximum Gasteiger partial charge on any atom is 0.242 e. The van der Waals surface area contributed by atoms with Crippen LogP contribution in [0.4, 0.5) is 21.7 Å². The lowest BCUT2D eigenvalue weighted by Gasteiger charge is -2.34. The van der Waals surface area contributed by atoms with Crippen molar-refractivity contribution >= 4 is 32.5 Å². The Bertz CT molecular complexity index is 1220. The molecule has 1 fully saturated rings. The topological polar surface area (TPSA) is 75.1 Å². The highest BCUT2D eigenvalue weighted by Gasteiger charge is 2.45. The average Bonchev–Trinajstić information content (AvgIpc) is 2.99. The molecule has 3 aromatic rings. The Morgan fingerprint density at radius 1 is 1.00 bits per heavy atom. The number of anilines is 3. The van der Waals surface area contributed by atoms with Crippen molar-refractivity contribution < 1.29 is 9.18 Å². The molecule has 170 valence electrons. The van der Waals surface area contributed by atoms with Gasteiger partial charge in [-0.3, -0.25) is 14.7 Å². The van der Waals surface area contributed by atoms with E-state index in [0.717, 1.165) is 22.4 Å². The summed E-state index contributed by atoms with van der Waals surface area (Å²) < 4.78 is 14.2. The van der Waals surface area contributed by atoms with Crippen LogP contribution in [-0.2, 0) is 10.2 Å². The number of hydrogen-bond donors (Lipinski definition) is 0. The Morgan fingerprint density at radius 2 is 1.67 bits per heavy atom. The van der Waals surface area contributed by atoms with E-state index in [0.29, 0.717) is 43.4 Å². The molecular formula is C24H26FN6OP. The van der Waals surface area contributed by atoms with Gasteiger partial charge in [0, 0.05) is 43.9 Å². The van der Waals surface area contributed by atoms with E-state index in [2.05, 4.69) is 24.2 Å². The van der Waals surface area contributed by atoms with Crippen molar-refractivity contribution in [2.45, 2.75) is 44.4 Å². The van der Waals surface area contributed by atoms with Crippen LogP contribution in [0.5, 0.6) is 0 Å². The van der Waals surface area contributed by atoms with E-state index in [1.165, 1.54) is 0 Å². The molecule has 0 N–H and O–H groups in total. The molecule has 33 heavy (non-hydrogen) atoms. The molecule has 1 saturated heterocycles. The molecule has 2 aromatic heterocycles. The zero-order valence-electron chi connectivity index (χ0n) is 18.9. The summed E-state index contributed by atoms with van der Waals surface area (Å²) in [6, 6.07) is 5.97. The van der Waals surface area contributed by atoms with Gasteiger partial charge in [0.05, 0.1) is 23.5 Å². The predicted octanol–water partition coefficient (Wildman–Crippen LogP) is 4.34. The molecule has 2 aliphatic heterocycles. The van der Waals surface area contributed by atoms with E-state index in [1.807, 2.05) is 43.9 Å². The number of alkyl halides is 1. The van der Waals surface area contributed by atoms with Gasteiger partial charge in [-0.25, -0.2) is 19.3 Å². The predicted molar refractivity (Wildman–Crippen MR) is 129 cm³/mol. The van der Waals surface area contributed by atoms with Crippen molar-refractivity contribution in [3.05, 3.63) is 54.4 Å². The summed E-state index contributed by atoms with van der Waals surface area (Å²) >= 11 is 0. The van der Waals surface area contributed by atoms with E-state index in [-0.39, 0.29) is 5.91 Å². The molecular weight excluding hydrogens is 438 g/mol. The van der Waals surface area contributed by atoms with Gasteiger partial charge in [-0.05, 0) is 38.0 Å². The van der Waals surface area contributed by atoms with Gasteiger partial charge < -0.3 is 4.90 Å². The lowest BCUT2D eigenvalue weighted by Crippen LogP contribution is -2.39. The van der Waals surface area contributed by atoms with Crippen LogP contribution < -0.4 is 9.80 Å². The molecule has 4 heterocycles. The van der Waals surface area contributed by atoms with Crippen molar-refractivity contribution in [1.29, 1.82) is 0 Å². The standard InChI is InChI=1S/C24H26FN6OP/c1-15-27-11-17(12-28-15)16-4-5-18-19(10-16)31(22(32)23(18,2)3)21-14-26-13-20(29-21)30-8-6-24(25,33)7-9-30/h4-5,10-14H,6-9,33H2,1-3H3. The second kappa shape index (κ2) is 7.80. The van der Waals surface area contributed by atoms with Crippen LogP contribution in [0, 0.1) is 6.92 Å². The fourth-order valence-corrected chi connectivity index (χ4v) is 4.67. The van der Waals surface area contributed by atoms with Gasteiger partial charge >= 0.3 is 0 Å². The fourth-order valence-electron chi connectivity index (χ4n) is 4.41. The van der Waals surface area contributed by atoms with Crippen LogP contribution in [0.25, 0.3) is 11.1 Å². The van der Waals surface area contributed by atoms with E-state index >= 15 is 0 Å². The first-order chi connectivity index (χ1) is 15.7. The number of nitrogens with zero attached hydrogens (tertiary/aromatic N) is 6. The molecule has 2 aliphatic rings. The largest absolute Gasteiger partial charge is 0.355 e. The highest BCUT2D eigenvalue weighted by molar-refractivity contribution is 7.18. The van der Waals surface area contributed by atoms with Crippen molar-refractivity contribution in [1.82, 2.24) is 19.9 Å². The molecule has 1 aromatic carbocycles. The van der Waals surface area contributed by atoms with Gasteiger partial charge in [-0.1, -0.05) is 21.4 Å². The van der Waals surface area contributed by atoms with Crippen molar-refractivity contribution in [2.75, 3.05) is 22.9 Å². The number of amides is 1. The van der Waals surface area contributed by atoms with Gasteiger partial charge in [0.2, 0.25) is 5.91 Å². The number of carbonyl (C=O) groups is 1. The maximum atomic E-state index is 14.2. The first kappa shape index (κ1) is 21.8. The van der Waals surface area contributed by atoms with E-state index in [9.17, 15) is 9.18 Å². The minimum absolute atomic E-state index is 0.0624. The van der Waals surface area contributed by atoms with E-state index in [4.69, 9.17) is 4.98 Å². The first-order valence-electron chi connectivity index (χ1n) is 11.0. The zero-order chi connectivity index (χ0) is 23.4. The number of aryl methyl sites for hydroxylation is 1. The molecule has 0 spiro atoms. The molecule has 7 nitrogen and oxygen atoms in total. The highest BCUT2D eigenvalue weighted by Crippen LogP contribution is 2.46. The van der Waals surface area contributed by atoms with Crippen molar-refractivity contribution in [2.24, 2.45) is 0 Å². The second-order valence-corrected chi connectivity index (χ2v) is 10.3. The summed E-state index contributed by atoms with van der Waals surface area (Å²) in [5.41, 5.74) is 2.80. The van der Waals surface area contributed by atoms with Crippen LogP contribution in [0.15, 0.2) is 43.0 Å². The summed E-state index contributed by atoms with van der Waals surface area (Å²) in [5, 5.41) is -1.23. The fraction of sp³-hybridized carbons (Fsp3) is 0.375. The summed E-state index contributed by atoms with van der Waals surface area (Å²) in [6.45, 7) is 6.78. The van der Waals surface area contributed by atoms with Crippen molar-refractivity contribution in [3.63, 3.8) is 0 Å². The minimum atomic E-state index is -1.23. The van der Waals surface area contributed by atoms with Gasteiger partial charge in [0.25, 0.3) is 0 Å². The third-order valence-electron chi connectivity index (χ3n) is 6.52. The monoisotopic (exact) mass is 464 g/mol. The molecule has 1 amide bonds. The molecule has 0 radical (unpaired) electrons. The molecule has 1 atom stereocenters. The van der Waals surface area contributed by atoms with Crippen LogP contribution >= 0.6 is 9.24 Å². The third kappa shape index (κ3) is 3.86. The Morgan fingerprint density at radius 3 is 2.36 bits per heavy atom. The van der Waals surface area contributed by atoms with Crippen LogP contribution in [0.2, 0.25) is 0 Å². The Kier molecular flexibility index (Phi) is 5.16. The van der Waals surface area contributed by atoms with Gasteiger partial charge in [0.15, 0.2) is 5.82 Å². The lowest BCUT2D eigenvalue weighted by atomic mass is 9.85. The van der Waals surface area contributed by atoms with Crippen LogP contribution in [0.3, 0.4) is 0 Å². The third-order valence-corrected chi connectivity index (χ3v) is 7.10. The number of aromatic nitrogens is 4. The number of carbonyl (C=O) groups excluding carboxylic acids is 1. The molecule has 5 rings (SSSR count). The number of hydrogen-bond acceptors (Lipinski definition) is 6. The Balaban J connectivity index is 1.54. The molecule has 0 saturated carbocycles. The Labute approximate surface area is 194 Å². The molecule has 1 unspecified atom stereocenters. The smallest absolute Gasteiger partial charge is 0.242 e. The van der Waals surface area contributed by atoms with Gasteiger partial charge in [-0.2, -0.15) is 0 Å². The van der Waals surface area contributed by atoms with Crippen LogP contribution in [0.1, 0.15) is 38.1 Å². The van der Waals surface area contributed by atoms with Gasteiger partial charge in [-0.15, -0.1) is 0 Å². The summed E-state index contributed by atoms with van der Waals surface area (Å²) in [5.74, 6) is 1.75. The minimum Gasteiger partial charge on any atom is -0.355 e. The van der Waals surface area contributed by atoms with Crippen molar-refractivity contribution in [3.8, 4) is 11.1 Å². The normalized spacial score (nSPS) is 19.0. The zero-order valence-corrected chi connectivity index (χ0v) is 20.1. The number of fused-ring (bicyclic) bond motifs is 1. The molecule has 0 bridgehead atoms. The first-order valence-corrected chi connectivity index (χ1v) is 11.6. The number of rotatable bonds is 3. The highest BCUT2D eigenvalue weighted by atomic mass is 31.0. The number of benzene rings is 1. The van der Waals surface area contributed by atoms with Gasteiger partial charge in [0.1, 0.15) is 17.1 Å². The quantitative estimate of drug-likeness (QED) is 0.537. The average molecular weight is 464 g/mol. The van der Waals surface area contributed by atoms with E-state index < -0.39 is 10.8 Å². The summed E-state index contributed by atoms with van der Waals surface area (Å²) in [4.78, 5) is 34.9. The Hall–Kier alpha value is -2.99.